The summed E-state index contributed by atoms with van der Waals surface area (Å²) in [5.74, 6) is -2.31. The zero-order valence-corrected chi connectivity index (χ0v) is 23.0. The molecule has 0 saturated carbocycles. The summed E-state index contributed by atoms with van der Waals surface area (Å²) in [6, 6.07) is -3.17. The fourth-order valence-electron chi connectivity index (χ4n) is 4.27. The maximum Gasteiger partial charge on any atom is 0.255 e. The van der Waals surface area contributed by atoms with Gasteiger partial charge in [-0.3, -0.25) is 24.0 Å². The molecule has 1 aliphatic heterocycles. The molecule has 5 amide bonds. The number of nitrogens with one attached hydrogen (secondary N) is 2. The number of nitrogens with two attached hydrogens (primary N) is 1. The molecule has 0 aromatic carbocycles. The lowest BCUT2D eigenvalue weighted by atomic mass is 9.98. The monoisotopic (exact) mass is 510 g/mol. The van der Waals surface area contributed by atoms with E-state index < -0.39 is 41.8 Å². The number of carbonyl (C=O) groups excluding carboxylic acids is 5. The molecular formula is C25H46N6O5. The first-order valence-electron chi connectivity index (χ1n) is 12.9. The maximum absolute atomic E-state index is 13.5. The molecule has 206 valence electrons. The van der Waals surface area contributed by atoms with Crippen LogP contribution in [0.1, 0.15) is 59.8 Å². The molecule has 1 saturated heterocycles. The highest BCUT2D eigenvalue weighted by Gasteiger charge is 2.38. The second-order valence-electron chi connectivity index (χ2n) is 10.5. The molecule has 4 N–H and O–H groups in total. The maximum atomic E-state index is 13.5. The van der Waals surface area contributed by atoms with Crippen LogP contribution in [0.5, 0.6) is 0 Å². The number of hydrogen-bond donors (Lipinski definition) is 3. The molecule has 1 fully saturated rings. The largest absolute Gasteiger partial charge is 0.358 e. The molecule has 3 atom stereocenters. The van der Waals surface area contributed by atoms with Gasteiger partial charge in [-0.15, -0.1) is 0 Å². The van der Waals surface area contributed by atoms with Gasteiger partial charge in [-0.25, -0.2) is 0 Å². The molecule has 0 radical (unpaired) electrons. The normalized spacial score (nSPS) is 16.2. The third-order valence-electron chi connectivity index (χ3n) is 6.34. The van der Waals surface area contributed by atoms with Crippen molar-refractivity contribution in [3.63, 3.8) is 0 Å². The first-order chi connectivity index (χ1) is 16.8. The summed E-state index contributed by atoms with van der Waals surface area (Å²) in [6.07, 6.45) is 3.42. The van der Waals surface area contributed by atoms with Gasteiger partial charge in [0.25, 0.3) is 11.8 Å². The lowest BCUT2D eigenvalue weighted by molar-refractivity contribution is -0.149. The van der Waals surface area contributed by atoms with Crippen LogP contribution in [0.4, 0.5) is 0 Å². The minimum absolute atomic E-state index is 0.0557. The number of likely N-dealkylation sites (N-methyl/N-ethyl adjacent to an activating group) is 3. The summed E-state index contributed by atoms with van der Waals surface area (Å²) < 4.78 is 0. The highest BCUT2D eigenvalue weighted by molar-refractivity contribution is 6.08. The standard InChI is InChI=1S/C25H46N6O5/c1-16(2)13-18(26)23(34)30(7)19(14-17(3)4)22(33)28-21(24(35)29(6)15-20(32)27-5)25(36)31-11-9-8-10-12-31/h16-19,21H,8-15,26H2,1-7H3,(H,27,32)(H,28,33)/t18-,19-,21?/m0/s1. The van der Waals surface area contributed by atoms with Crippen molar-refractivity contribution < 1.29 is 24.0 Å². The Morgan fingerprint density at radius 2 is 1.44 bits per heavy atom. The van der Waals surface area contributed by atoms with Crippen molar-refractivity contribution in [2.45, 2.75) is 77.9 Å². The molecule has 0 aromatic rings. The number of hydrogen-bond acceptors (Lipinski definition) is 6. The molecule has 11 nitrogen and oxygen atoms in total. The van der Waals surface area contributed by atoms with Crippen LogP contribution in [-0.4, -0.2) is 103 Å². The number of rotatable bonds is 12. The van der Waals surface area contributed by atoms with Crippen molar-refractivity contribution in [2.75, 3.05) is 40.8 Å². The van der Waals surface area contributed by atoms with Gasteiger partial charge in [-0.1, -0.05) is 27.7 Å². The molecule has 0 spiro atoms. The summed E-state index contributed by atoms with van der Waals surface area (Å²) >= 11 is 0. The Kier molecular flexibility index (Phi) is 12.9. The van der Waals surface area contributed by atoms with Crippen LogP contribution in [0.2, 0.25) is 0 Å². The third kappa shape index (κ3) is 9.40. The van der Waals surface area contributed by atoms with Gasteiger partial charge in [0.15, 0.2) is 6.04 Å². The molecule has 1 aliphatic rings. The molecule has 0 aromatic heterocycles. The van der Waals surface area contributed by atoms with Crippen LogP contribution in [0.25, 0.3) is 0 Å². The van der Waals surface area contributed by atoms with Gasteiger partial charge < -0.3 is 31.1 Å². The van der Waals surface area contributed by atoms with Gasteiger partial charge >= 0.3 is 0 Å². The van der Waals surface area contributed by atoms with E-state index >= 15 is 0 Å². The second kappa shape index (κ2) is 14.8. The summed E-state index contributed by atoms with van der Waals surface area (Å²) in [7, 11) is 4.38. The molecule has 1 heterocycles. The summed E-state index contributed by atoms with van der Waals surface area (Å²) in [5.41, 5.74) is 6.10. The third-order valence-corrected chi connectivity index (χ3v) is 6.34. The van der Waals surface area contributed by atoms with E-state index in [4.69, 9.17) is 5.73 Å². The molecule has 11 heteroatoms. The van der Waals surface area contributed by atoms with Gasteiger partial charge in [0.05, 0.1) is 12.6 Å². The summed E-state index contributed by atoms with van der Waals surface area (Å²) in [4.78, 5) is 69.0. The predicted molar refractivity (Wildman–Crippen MR) is 138 cm³/mol. The van der Waals surface area contributed by atoms with Crippen LogP contribution in [0.15, 0.2) is 0 Å². The average Bonchev–Trinajstić information content (AvgIpc) is 2.83. The van der Waals surface area contributed by atoms with Crippen LogP contribution in [0, 0.1) is 11.8 Å². The van der Waals surface area contributed by atoms with E-state index in [1.165, 1.54) is 26.0 Å². The van der Waals surface area contributed by atoms with Gasteiger partial charge in [0, 0.05) is 34.2 Å². The van der Waals surface area contributed by atoms with Crippen molar-refractivity contribution >= 4 is 29.5 Å². The quantitative estimate of drug-likeness (QED) is 0.314. The van der Waals surface area contributed by atoms with E-state index in [-0.39, 0.29) is 24.3 Å². The Morgan fingerprint density at radius 1 is 0.889 bits per heavy atom. The first kappa shape index (κ1) is 31.3. The van der Waals surface area contributed by atoms with E-state index in [0.29, 0.717) is 25.9 Å². The molecule has 0 aliphatic carbocycles. The van der Waals surface area contributed by atoms with Crippen molar-refractivity contribution in [2.24, 2.45) is 17.6 Å². The molecule has 36 heavy (non-hydrogen) atoms. The smallest absolute Gasteiger partial charge is 0.255 e. The van der Waals surface area contributed by atoms with Crippen LogP contribution < -0.4 is 16.4 Å². The van der Waals surface area contributed by atoms with Crippen LogP contribution >= 0.6 is 0 Å². The molecule has 1 unspecified atom stereocenters. The van der Waals surface area contributed by atoms with Crippen LogP contribution in [-0.2, 0) is 24.0 Å². The number of likely N-dealkylation sites (tertiary alicyclic amines) is 1. The number of carbonyl (C=O) groups is 5. The van der Waals surface area contributed by atoms with Crippen molar-refractivity contribution in [3.05, 3.63) is 0 Å². The van der Waals surface area contributed by atoms with Gasteiger partial charge in [0.2, 0.25) is 17.7 Å². The van der Waals surface area contributed by atoms with Gasteiger partial charge in [-0.2, -0.15) is 0 Å². The fraction of sp³-hybridized carbons (Fsp3) is 0.800. The van der Waals surface area contributed by atoms with E-state index in [1.54, 1.807) is 4.90 Å². The first-order valence-corrected chi connectivity index (χ1v) is 12.9. The number of piperidine rings is 1. The minimum Gasteiger partial charge on any atom is -0.358 e. The zero-order valence-electron chi connectivity index (χ0n) is 23.0. The topological polar surface area (TPSA) is 145 Å². The van der Waals surface area contributed by atoms with Crippen molar-refractivity contribution in [3.8, 4) is 0 Å². The second-order valence-corrected chi connectivity index (χ2v) is 10.5. The summed E-state index contributed by atoms with van der Waals surface area (Å²) in [5, 5.41) is 5.06. The van der Waals surface area contributed by atoms with Gasteiger partial charge in [0.1, 0.15) is 6.04 Å². The van der Waals surface area contributed by atoms with E-state index in [2.05, 4.69) is 10.6 Å². The van der Waals surface area contributed by atoms with Crippen molar-refractivity contribution in [1.29, 1.82) is 0 Å². The Bertz CT molecular complexity index is 781. The van der Waals surface area contributed by atoms with E-state index in [0.717, 1.165) is 24.2 Å². The number of nitrogens with zero attached hydrogens (tertiary/aromatic N) is 3. The SMILES string of the molecule is CNC(=O)CN(C)C(=O)C(NC(=O)[C@H](CC(C)C)N(C)C(=O)[C@@H](N)CC(C)C)C(=O)N1CCCCC1. The Labute approximate surface area is 215 Å². The summed E-state index contributed by atoms with van der Waals surface area (Å²) in [6.45, 7) is 8.50. The Morgan fingerprint density at radius 3 is 1.94 bits per heavy atom. The molecule has 1 rings (SSSR count). The average molecular weight is 511 g/mol. The lowest BCUT2D eigenvalue weighted by Crippen LogP contribution is -2.61. The Hall–Kier alpha value is -2.69. The highest BCUT2D eigenvalue weighted by Crippen LogP contribution is 2.16. The van der Waals surface area contributed by atoms with E-state index in [9.17, 15) is 24.0 Å². The fourth-order valence-corrected chi connectivity index (χ4v) is 4.27. The van der Waals surface area contributed by atoms with E-state index in [1.807, 2.05) is 27.7 Å². The highest BCUT2D eigenvalue weighted by atomic mass is 16.2. The van der Waals surface area contributed by atoms with Gasteiger partial charge in [-0.05, 0) is 43.9 Å². The minimum atomic E-state index is -1.49. The Balaban J connectivity index is 3.21. The number of amides is 5. The molecular weight excluding hydrogens is 464 g/mol. The van der Waals surface area contributed by atoms with Crippen LogP contribution in [0.3, 0.4) is 0 Å². The molecule has 0 bridgehead atoms. The zero-order chi connectivity index (χ0) is 27.6. The van der Waals surface area contributed by atoms with Crippen molar-refractivity contribution in [1.82, 2.24) is 25.3 Å². The predicted octanol–water partition coefficient (Wildman–Crippen LogP) is -0.0654. The lowest BCUT2D eigenvalue weighted by Gasteiger charge is -2.34.